The molecule has 0 spiro atoms. The highest BCUT2D eigenvalue weighted by atomic mass is 35.5. The van der Waals surface area contributed by atoms with Crippen molar-refractivity contribution in [3.05, 3.63) is 29.3 Å². The SMILES string of the molecule is CN1CCC(S)([C@H](NS(=O)(=O)c2cccc(Cl)c2)C(=O)O)CC1.O=C(O)C(F)(F)F. The molecule has 1 aliphatic heterocycles. The van der Waals surface area contributed by atoms with Crippen LogP contribution < -0.4 is 4.72 Å². The first-order chi connectivity index (χ1) is 13.6. The van der Waals surface area contributed by atoms with Gasteiger partial charge in [0.05, 0.1) is 4.90 Å². The van der Waals surface area contributed by atoms with E-state index in [1.807, 2.05) is 7.05 Å². The van der Waals surface area contributed by atoms with E-state index in [4.69, 9.17) is 21.5 Å². The van der Waals surface area contributed by atoms with Crippen molar-refractivity contribution in [3.8, 4) is 0 Å². The lowest BCUT2D eigenvalue weighted by atomic mass is 9.89. The fourth-order valence-electron chi connectivity index (χ4n) is 2.54. The molecule has 2 rings (SSSR count). The predicted molar refractivity (Wildman–Crippen MR) is 105 cm³/mol. The first-order valence-electron chi connectivity index (χ1n) is 8.30. The Labute approximate surface area is 181 Å². The topological polar surface area (TPSA) is 124 Å². The number of likely N-dealkylation sites (tertiary alicyclic amines) is 1. The first-order valence-corrected chi connectivity index (χ1v) is 10.6. The molecule has 3 N–H and O–H groups in total. The number of carbonyl (C=O) groups is 2. The number of benzene rings is 1. The summed E-state index contributed by atoms with van der Waals surface area (Å²) in [5.74, 6) is -4.00. The normalized spacial score (nSPS) is 18.1. The highest BCUT2D eigenvalue weighted by molar-refractivity contribution is 7.89. The lowest BCUT2D eigenvalue weighted by Gasteiger charge is -2.40. The molecule has 1 aliphatic rings. The summed E-state index contributed by atoms with van der Waals surface area (Å²) in [5, 5.41) is 16.9. The Hall–Kier alpha value is -1.54. The number of sulfonamides is 1. The number of hydrogen-bond acceptors (Lipinski definition) is 6. The highest BCUT2D eigenvalue weighted by Gasteiger charge is 2.44. The van der Waals surface area contributed by atoms with Gasteiger partial charge in [0.2, 0.25) is 10.0 Å². The number of thiol groups is 1. The number of rotatable bonds is 5. The van der Waals surface area contributed by atoms with Gasteiger partial charge in [-0.3, -0.25) is 4.79 Å². The molecular formula is C16H20ClF3N2O6S2. The van der Waals surface area contributed by atoms with Gasteiger partial charge < -0.3 is 15.1 Å². The van der Waals surface area contributed by atoms with Crippen molar-refractivity contribution in [2.24, 2.45) is 0 Å². The highest BCUT2D eigenvalue weighted by Crippen LogP contribution is 2.33. The number of halogens is 4. The van der Waals surface area contributed by atoms with E-state index >= 15 is 0 Å². The maximum absolute atomic E-state index is 12.5. The average Bonchev–Trinajstić information content (AvgIpc) is 2.62. The third-order valence-electron chi connectivity index (χ3n) is 4.26. The van der Waals surface area contributed by atoms with Crippen molar-refractivity contribution in [1.82, 2.24) is 9.62 Å². The Morgan fingerprint density at radius 1 is 1.27 bits per heavy atom. The van der Waals surface area contributed by atoms with Crippen molar-refractivity contribution in [3.63, 3.8) is 0 Å². The van der Waals surface area contributed by atoms with E-state index in [2.05, 4.69) is 22.3 Å². The standard InChI is InChI=1S/C14H19ClN2O4S2.C2HF3O2/c1-17-7-5-14(22,6-8-17)12(13(18)19)16-23(20,21)11-4-2-3-10(15)9-11;3-2(4,5)1(6)7/h2-4,9,12,16,22H,5-8H2,1H3,(H,18,19);(H,6,7)/t12-;/m1./s1. The van der Waals surface area contributed by atoms with Crippen LogP contribution in [0.2, 0.25) is 5.02 Å². The minimum absolute atomic E-state index is 0.0684. The van der Waals surface area contributed by atoms with Gasteiger partial charge in [-0.05, 0) is 51.2 Å². The largest absolute Gasteiger partial charge is 0.490 e. The predicted octanol–water partition coefficient (Wildman–Crippen LogP) is 2.10. The van der Waals surface area contributed by atoms with Crippen LogP contribution in [0.3, 0.4) is 0 Å². The number of hydrogen-bond donors (Lipinski definition) is 4. The number of alkyl halides is 3. The van der Waals surface area contributed by atoms with Crippen LogP contribution in [0.15, 0.2) is 29.2 Å². The second-order valence-corrected chi connectivity index (χ2v) is 9.60. The third-order valence-corrected chi connectivity index (χ3v) is 6.62. The first kappa shape index (κ1) is 26.5. The monoisotopic (exact) mass is 492 g/mol. The molecule has 1 atom stereocenters. The van der Waals surface area contributed by atoms with Crippen LogP contribution in [0.4, 0.5) is 13.2 Å². The lowest BCUT2D eigenvalue weighted by molar-refractivity contribution is -0.192. The summed E-state index contributed by atoms with van der Waals surface area (Å²) in [6.45, 7) is 1.32. The molecule has 0 bridgehead atoms. The van der Waals surface area contributed by atoms with Gasteiger partial charge in [-0.1, -0.05) is 17.7 Å². The zero-order valence-corrected chi connectivity index (χ0v) is 18.0. The summed E-state index contributed by atoms with van der Waals surface area (Å²) in [5.41, 5.74) is 0. The quantitative estimate of drug-likeness (QED) is 0.464. The van der Waals surface area contributed by atoms with Gasteiger partial charge in [0, 0.05) is 9.77 Å². The fraction of sp³-hybridized carbons (Fsp3) is 0.500. The van der Waals surface area contributed by atoms with E-state index in [1.54, 1.807) is 6.07 Å². The van der Waals surface area contributed by atoms with Gasteiger partial charge >= 0.3 is 18.1 Å². The second-order valence-electron chi connectivity index (χ2n) is 6.56. The number of nitrogens with zero attached hydrogens (tertiary/aromatic N) is 1. The van der Waals surface area contributed by atoms with Crippen molar-refractivity contribution in [1.29, 1.82) is 0 Å². The van der Waals surface area contributed by atoms with Crippen LogP contribution in [0.1, 0.15) is 12.8 Å². The molecule has 1 saturated heterocycles. The van der Waals surface area contributed by atoms with Crippen LogP contribution in [-0.2, 0) is 19.6 Å². The Morgan fingerprint density at radius 2 is 1.77 bits per heavy atom. The summed E-state index contributed by atoms with van der Waals surface area (Å²) in [6, 6.07) is 4.38. The maximum Gasteiger partial charge on any atom is 0.490 e. The molecule has 8 nitrogen and oxygen atoms in total. The zero-order chi connectivity index (χ0) is 23.3. The van der Waals surface area contributed by atoms with Crippen molar-refractivity contribution in [2.75, 3.05) is 20.1 Å². The molecule has 0 saturated carbocycles. The lowest BCUT2D eigenvalue weighted by Crippen LogP contribution is -2.57. The maximum atomic E-state index is 12.5. The Balaban J connectivity index is 0.000000553. The molecule has 1 fully saturated rings. The Kier molecular flexibility index (Phi) is 8.99. The van der Waals surface area contributed by atoms with Crippen molar-refractivity contribution in [2.45, 2.75) is 34.7 Å². The molecule has 0 amide bonds. The molecule has 1 heterocycles. The van der Waals surface area contributed by atoms with Crippen LogP contribution in [0.25, 0.3) is 0 Å². The molecule has 0 unspecified atom stereocenters. The molecule has 0 radical (unpaired) electrons. The summed E-state index contributed by atoms with van der Waals surface area (Å²) < 4.78 is 58.0. The van der Waals surface area contributed by atoms with E-state index in [0.29, 0.717) is 25.9 Å². The molecule has 1 aromatic rings. The Bertz CT molecular complexity index is 874. The molecule has 0 aromatic heterocycles. The number of nitrogens with one attached hydrogen (secondary N) is 1. The second kappa shape index (κ2) is 10.2. The summed E-state index contributed by atoms with van der Waals surface area (Å²) in [7, 11) is -2.08. The van der Waals surface area contributed by atoms with Crippen LogP contribution >= 0.6 is 24.2 Å². The number of carboxylic acid groups (broad SMARTS) is 2. The van der Waals surface area contributed by atoms with Gasteiger partial charge in [0.15, 0.2) is 0 Å². The average molecular weight is 493 g/mol. The smallest absolute Gasteiger partial charge is 0.480 e. The number of carboxylic acids is 2. The number of aliphatic carboxylic acids is 2. The number of piperidine rings is 1. The van der Waals surface area contributed by atoms with E-state index in [0.717, 1.165) is 0 Å². The van der Waals surface area contributed by atoms with Gasteiger partial charge in [-0.25, -0.2) is 13.2 Å². The molecule has 170 valence electrons. The summed E-state index contributed by atoms with van der Waals surface area (Å²) in [4.78, 5) is 22.5. The Morgan fingerprint density at radius 3 is 2.17 bits per heavy atom. The van der Waals surface area contributed by atoms with Gasteiger partial charge in [0.25, 0.3) is 0 Å². The van der Waals surface area contributed by atoms with Crippen LogP contribution in [0.5, 0.6) is 0 Å². The van der Waals surface area contributed by atoms with Gasteiger partial charge in [0.1, 0.15) is 6.04 Å². The van der Waals surface area contributed by atoms with Gasteiger partial charge in [-0.15, -0.1) is 0 Å². The van der Waals surface area contributed by atoms with Gasteiger partial charge in [-0.2, -0.15) is 30.5 Å². The summed E-state index contributed by atoms with van der Waals surface area (Å²) >= 11 is 10.3. The van der Waals surface area contributed by atoms with E-state index in [1.165, 1.54) is 18.2 Å². The molecular weight excluding hydrogens is 473 g/mol. The van der Waals surface area contributed by atoms with Crippen LogP contribution in [0, 0.1) is 0 Å². The summed E-state index contributed by atoms with van der Waals surface area (Å²) in [6.07, 6.45) is -4.14. The molecule has 14 heteroatoms. The van der Waals surface area contributed by atoms with Crippen LogP contribution in [-0.4, -0.2) is 72.6 Å². The van der Waals surface area contributed by atoms with Crippen molar-refractivity contribution >= 4 is 46.2 Å². The third kappa shape index (κ3) is 7.61. The minimum Gasteiger partial charge on any atom is -0.480 e. The van der Waals surface area contributed by atoms with E-state index in [9.17, 15) is 31.5 Å². The van der Waals surface area contributed by atoms with Crippen molar-refractivity contribution < 1.29 is 41.4 Å². The molecule has 1 aromatic carbocycles. The fourth-order valence-corrected chi connectivity index (χ4v) is 4.57. The minimum atomic E-state index is -5.08. The van der Waals surface area contributed by atoms with E-state index in [-0.39, 0.29) is 9.92 Å². The molecule has 30 heavy (non-hydrogen) atoms. The molecule has 0 aliphatic carbocycles. The zero-order valence-electron chi connectivity index (χ0n) is 15.6. The van der Waals surface area contributed by atoms with E-state index < -0.39 is 38.9 Å².